The minimum Gasteiger partial charge on any atom is -0.481 e. The number of carboxylic acid groups (broad SMARTS) is 1. The lowest BCUT2D eigenvalue weighted by atomic mass is 9.96. The number of nitrogens with zero attached hydrogens (tertiary/aromatic N) is 1. The highest BCUT2D eigenvalue weighted by molar-refractivity contribution is 5.72. The van der Waals surface area contributed by atoms with E-state index >= 15 is 0 Å². The molecule has 1 aromatic carbocycles. The number of esters is 1. The molecule has 0 aliphatic heterocycles. The summed E-state index contributed by atoms with van der Waals surface area (Å²) in [7, 11) is 0. The summed E-state index contributed by atoms with van der Waals surface area (Å²) in [6.07, 6.45) is -0.502. The Hall–Kier alpha value is -3.17. The van der Waals surface area contributed by atoms with Crippen LogP contribution in [0, 0.1) is 16.0 Å². The van der Waals surface area contributed by atoms with Gasteiger partial charge in [-0.15, -0.1) is 0 Å². The first-order valence-corrected chi connectivity index (χ1v) is 8.96. The van der Waals surface area contributed by atoms with Gasteiger partial charge in [0.2, 0.25) is 5.75 Å². The van der Waals surface area contributed by atoms with Crippen molar-refractivity contribution in [1.82, 2.24) is 5.32 Å². The van der Waals surface area contributed by atoms with Crippen LogP contribution in [0.5, 0.6) is 5.75 Å². The van der Waals surface area contributed by atoms with Gasteiger partial charge < -0.3 is 19.9 Å². The van der Waals surface area contributed by atoms with Crippen molar-refractivity contribution in [2.24, 2.45) is 5.92 Å². The van der Waals surface area contributed by atoms with Crippen LogP contribution in [0.4, 0.5) is 10.5 Å². The van der Waals surface area contributed by atoms with Gasteiger partial charge in [-0.3, -0.25) is 19.7 Å². The second-order valence-corrected chi connectivity index (χ2v) is 7.68. The Balaban J connectivity index is 3.09. The first-order valence-electron chi connectivity index (χ1n) is 8.96. The fourth-order valence-corrected chi connectivity index (χ4v) is 2.55. The van der Waals surface area contributed by atoms with Crippen LogP contribution < -0.4 is 10.1 Å². The SMILES string of the molecule is CC(=O)Oc1ccc(C[C@@H](CC(C)C(=O)O)NC(=O)OC(C)(C)C)cc1[N+](=O)[O-]. The predicted octanol–water partition coefficient (Wildman–Crippen LogP) is 3.07. The molecule has 0 spiro atoms. The van der Waals surface area contributed by atoms with E-state index in [1.807, 2.05) is 0 Å². The van der Waals surface area contributed by atoms with Gasteiger partial charge >= 0.3 is 23.7 Å². The zero-order valence-corrected chi connectivity index (χ0v) is 17.1. The summed E-state index contributed by atoms with van der Waals surface area (Å²) in [6, 6.07) is 3.39. The largest absolute Gasteiger partial charge is 0.481 e. The Morgan fingerprint density at radius 3 is 2.38 bits per heavy atom. The number of carboxylic acids is 1. The fraction of sp³-hybridized carbons (Fsp3) is 0.526. The third-order valence-corrected chi connectivity index (χ3v) is 3.74. The normalized spacial score (nSPS) is 13.1. The summed E-state index contributed by atoms with van der Waals surface area (Å²) in [5, 5.41) is 23.1. The number of amides is 1. The average Bonchev–Trinajstić information content (AvgIpc) is 2.53. The Kier molecular flexibility index (Phi) is 8.11. The van der Waals surface area contributed by atoms with Crippen molar-refractivity contribution >= 4 is 23.7 Å². The molecule has 0 aliphatic carbocycles. The maximum Gasteiger partial charge on any atom is 0.407 e. The van der Waals surface area contributed by atoms with Crippen molar-refractivity contribution in [3.8, 4) is 5.75 Å². The first kappa shape index (κ1) is 23.9. The number of nitro benzene ring substituents is 1. The maximum absolute atomic E-state index is 12.1. The van der Waals surface area contributed by atoms with Crippen molar-refractivity contribution < 1.29 is 33.9 Å². The zero-order valence-electron chi connectivity index (χ0n) is 17.1. The van der Waals surface area contributed by atoms with Crippen LogP contribution in [0.25, 0.3) is 0 Å². The van der Waals surface area contributed by atoms with Crippen molar-refractivity contribution in [1.29, 1.82) is 0 Å². The number of carbonyl (C=O) groups excluding carboxylic acids is 2. The van der Waals surface area contributed by atoms with Gasteiger partial charge in [0, 0.05) is 19.0 Å². The second kappa shape index (κ2) is 9.85. The summed E-state index contributed by atoms with van der Waals surface area (Å²) in [4.78, 5) is 45.0. The molecular formula is C19H26N2O8. The van der Waals surface area contributed by atoms with E-state index in [1.54, 1.807) is 20.8 Å². The quantitative estimate of drug-likeness (QED) is 0.288. The highest BCUT2D eigenvalue weighted by Crippen LogP contribution is 2.29. The maximum atomic E-state index is 12.1. The number of hydrogen-bond donors (Lipinski definition) is 2. The second-order valence-electron chi connectivity index (χ2n) is 7.68. The van der Waals surface area contributed by atoms with Gasteiger partial charge in [0.15, 0.2) is 0 Å². The Morgan fingerprint density at radius 1 is 1.28 bits per heavy atom. The van der Waals surface area contributed by atoms with Crippen molar-refractivity contribution in [3.05, 3.63) is 33.9 Å². The lowest BCUT2D eigenvalue weighted by molar-refractivity contribution is -0.385. The molecule has 2 N–H and O–H groups in total. The van der Waals surface area contributed by atoms with E-state index in [0.717, 1.165) is 6.92 Å². The van der Waals surface area contributed by atoms with Crippen molar-refractivity contribution in [3.63, 3.8) is 0 Å². The molecule has 1 aromatic rings. The monoisotopic (exact) mass is 410 g/mol. The Labute approximate surface area is 168 Å². The number of alkyl carbamates (subject to hydrolysis) is 1. The summed E-state index contributed by atoms with van der Waals surface area (Å²) in [5.41, 5.74) is -0.677. The average molecular weight is 410 g/mol. The molecule has 10 heteroatoms. The van der Waals surface area contributed by atoms with E-state index in [9.17, 15) is 29.6 Å². The van der Waals surface area contributed by atoms with Crippen LogP contribution in [0.1, 0.15) is 46.6 Å². The molecule has 0 saturated carbocycles. The highest BCUT2D eigenvalue weighted by Gasteiger charge is 2.25. The van der Waals surface area contributed by atoms with E-state index in [0.29, 0.717) is 5.56 Å². The molecule has 0 bridgehead atoms. The number of nitrogens with one attached hydrogen (secondary N) is 1. The summed E-state index contributed by atoms with van der Waals surface area (Å²) in [5.74, 6) is -2.68. The van der Waals surface area contributed by atoms with Crippen LogP contribution in [-0.2, 0) is 20.7 Å². The Bertz CT molecular complexity index is 785. The number of rotatable bonds is 8. The number of carbonyl (C=O) groups is 3. The molecule has 1 amide bonds. The van der Waals surface area contributed by atoms with Crippen LogP contribution >= 0.6 is 0 Å². The molecule has 10 nitrogen and oxygen atoms in total. The summed E-state index contributed by atoms with van der Waals surface area (Å²) < 4.78 is 10.0. The van der Waals surface area contributed by atoms with Gasteiger partial charge in [-0.1, -0.05) is 13.0 Å². The van der Waals surface area contributed by atoms with Gasteiger partial charge in [-0.05, 0) is 45.2 Å². The van der Waals surface area contributed by atoms with Gasteiger partial charge in [-0.2, -0.15) is 0 Å². The number of hydrogen-bond acceptors (Lipinski definition) is 7. The van der Waals surface area contributed by atoms with E-state index < -0.39 is 46.2 Å². The molecule has 1 rings (SSSR count). The molecule has 160 valence electrons. The van der Waals surface area contributed by atoms with Crippen LogP contribution in [0.3, 0.4) is 0 Å². The van der Waals surface area contributed by atoms with Gasteiger partial charge in [0.05, 0.1) is 10.8 Å². The van der Waals surface area contributed by atoms with Crippen molar-refractivity contribution in [2.45, 2.75) is 59.1 Å². The third kappa shape index (κ3) is 8.58. The molecule has 0 fully saturated rings. The molecule has 0 heterocycles. The highest BCUT2D eigenvalue weighted by atomic mass is 16.6. The third-order valence-electron chi connectivity index (χ3n) is 3.74. The van der Waals surface area contributed by atoms with Crippen LogP contribution in [0.15, 0.2) is 18.2 Å². The van der Waals surface area contributed by atoms with E-state index in [-0.39, 0.29) is 18.6 Å². The van der Waals surface area contributed by atoms with Crippen LogP contribution in [0.2, 0.25) is 0 Å². The van der Waals surface area contributed by atoms with Gasteiger partial charge in [0.1, 0.15) is 5.60 Å². The lowest BCUT2D eigenvalue weighted by Gasteiger charge is -2.24. The molecule has 2 atom stereocenters. The van der Waals surface area contributed by atoms with Crippen molar-refractivity contribution in [2.75, 3.05) is 0 Å². The first-order chi connectivity index (χ1) is 13.3. The number of aliphatic carboxylic acids is 1. The van der Waals surface area contributed by atoms with E-state index in [2.05, 4.69) is 5.32 Å². The topological polar surface area (TPSA) is 145 Å². The minimum absolute atomic E-state index is 0.0913. The van der Waals surface area contributed by atoms with Crippen LogP contribution in [-0.4, -0.2) is 39.7 Å². The van der Waals surface area contributed by atoms with Gasteiger partial charge in [-0.25, -0.2) is 4.79 Å². The number of nitro groups is 1. The molecule has 1 unspecified atom stereocenters. The minimum atomic E-state index is -1.03. The zero-order chi connectivity index (χ0) is 22.4. The van der Waals surface area contributed by atoms with E-state index in [1.165, 1.54) is 25.1 Å². The smallest absolute Gasteiger partial charge is 0.407 e. The fourth-order valence-electron chi connectivity index (χ4n) is 2.55. The number of benzene rings is 1. The summed E-state index contributed by atoms with van der Waals surface area (Å²) in [6.45, 7) is 7.71. The molecule has 29 heavy (non-hydrogen) atoms. The molecule has 0 aliphatic rings. The summed E-state index contributed by atoms with van der Waals surface area (Å²) >= 11 is 0. The molecule has 0 saturated heterocycles. The Morgan fingerprint density at radius 2 is 1.90 bits per heavy atom. The predicted molar refractivity (Wildman–Crippen MR) is 103 cm³/mol. The van der Waals surface area contributed by atoms with Gasteiger partial charge in [0.25, 0.3) is 0 Å². The standard InChI is InChI=1S/C19H26N2O8/c1-11(17(23)24)8-14(20-18(25)29-19(3,4)5)9-13-6-7-16(28-12(2)22)15(10-13)21(26)27/h6-7,10-11,14H,8-9H2,1-5H3,(H,20,25)(H,23,24)/t11?,14-/m1/s1. The molecule has 0 aromatic heterocycles. The lowest BCUT2D eigenvalue weighted by Crippen LogP contribution is -2.41. The molecule has 0 radical (unpaired) electrons. The number of ether oxygens (including phenoxy) is 2. The van der Waals surface area contributed by atoms with E-state index in [4.69, 9.17) is 9.47 Å². The molecular weight excluding hydrogens is 384 g/mol.